The second-order valence-corrected chi connectivity index (χ2v) is 4.96. The zero-order valence-electron chi connectivity index (χ0n) is 12.2. The molecule has 0 fully saturated rings. The molecule has 2 rings (SSSR count). The molecule has 0 saturated carbocycles. The van der Waals surface area contributed by atoms with Gasteiger partial charge in [0.25, 0.3) is 0 Å². The van der Waals surface area contributed by atoms with Crippen molar-refractivity contribution in [1.82, 2.24) is 10.6 Å². The van der Waals surface area contributed by atoms with E-state index in [1.54, 1.807) is 14.2 Å². The van der Waals surface area contributed by atoms with Gasteiger partial charge >= 0.3 is 0 Å². The van der Waals surface area contributed by atoms with E-state index in [0.29, 0.717) is 12.6 Å². The molecule has 0 spiro atoms. The lowest BCUT2D eigenvalue weighted by Crippen LogP contribution is -2.42. The molecule has 1 aromatic rings. The van der Waals surface area contributed by atoms with Crippen LogP contribution in [0, 0.1) is 0 Å². The molecule has 0 radical (unpaired) electrons. The van der Waals surface area contributed by atoms with Crippen molar-refractivity contribution in [2.75, 3.05) is 14.2 Å². The largest absolute Gasteiger partial charge is 0.380 e. The molecule has 4 heteroatoms. The van der Waals surface area contributed by atoms with Gasteiger partial charge in [0, 0.05) is 26.7 Å². The van der Waals surface area contributed by atoms with Crippen molar-refractivity contribution in [1.29, 1.82) is 0 Å². The van der Waals surface area contributed by atoms with Crippen LogP contribution in [0.15, 0.2) is 41.4 Å². The number of guanidine groups is 1. The van der Waals surface area contributed by atoms with Crippen molar-refractivity contribution < 1.29 is 4.74 Å². The molecule has 4 nitrogen and oxygen atoms in total. The molecule has 0 bridgehead atoms. The molecule has 1 aliphatic carbocycles. The summed E-state index contributed by atoms with van der Waals surface area (Å²) in [5, 5.41) is 6.77. The Kier molecular flexibility index (Phi) is 5.62. The number of nitrogens with one attached hydrogen (secondary N) is 2. The first-order valence-corrected chi connectivity index (χ1v) is 7.00. The van der Waals surface area contributed by atoms with E-state index in [1.807, 2.05) is 0 Å². The Balaban J connectivity index is 1.80. The third kappa shape index (κ3) is 4.38. The van der Waals surface area contributed by atoms with E-state index in [0.717, 1.165) is 25.3 Å². The monoisotopic (exact) mass is 273 g/mol. The average molecular weight is 273 g/mol. The fraction of sp³-hybridized carbons (Fsp3) is 0.438. The molecule has 20 heavy (non-hydrogen) atoms. The molecule has 2 N–H and O–H groups in total. The van der Waals surface area contributed by atoms with Gasteiger partial charge in [0.15, 0.2) is 5.96 Å². The predicted octanol–water partition coefficient (Wildman–Crippen LogP) is 2.22. The highest BCUT2D eigenvalue weighted by Crippen LogP contribution is 2.09. The van der Waals surface area contributed by atoms with Crippen molar-refractivity contribution in [2.24, 2.45) is 4.99 Å². The third-order valence-electron chi connectivity index (χ3n) is 3.37. The summed E-state index contributed by atoms with van der Waals surface area (Å²) in [5.74, 6) is 0.861. The Labute approximate surface area is 120 Å². The molecule has 1 aromatic carbocycles. The molecule has 0 amide bonds. The van der Waals surface area contributed by atoms with E-state index < -0.39 is 0 Å². The smallest absolute Gasteiger partial charge is 0.191 e. The van der Waals surface area contributed by atoms with Gasteiger partial charge in [0.1, 0.15) is 0 Å². The van der Waals surface area contributed by atoms with Crippen LogP contribution in [0.4, 0.5) is 0 Å². The molecular weight excluding hydrogens is 250 g/mol. The van der Waals surface area contributed by atoms with Gasteiger partial charge in [-0.15, -0.1) is 0 Å². The van der Waals surface area contributed by atoms with E-state index in [9.17, 15) is 0 Å². The zero-order chi connectivity index (χ0) is 14.2. The number of aliphatic imine (C=N–C) groups is 1. The number of nitrogens with zero attached hydrogens (tertiary/aromatic N) is 1. The Morgan fingerprint density at radius 1 is 1.20 bits per heavy atom. The van der Waals surface area contributed by atoms with Crippen LogP contribution in [0.5, 0.6) is 0 Å². The summed E-state index contributed by atoms with van der Waals surface area (Å²) in [4.78, 5) is 4.26. The van der Waals surface area contributed by atoms with E-state index in [2.05, 4.69) is 52.0 Å². The standard InChI is InChI=1S/C16H23N3O/c1-17-16(19-15-5-3-4-6-15)18-11-13-7-9-14(10-8-13)12-20-2/h3-4,7-10,15H,5-6,11-12H2,1-2H3,(H2,17,18,19). The lowest BCUT2D eigenvalue weighted by Gasteiger charge is -2.17. The second-order valence-electron chi connectivity index (χ2n) is 4.96. The van der Waals surface area contributed by atoms with Gasteiger partial charge in [0.2, 0.25) is 0 Å². The first kappa shape index (κ1) is 14.6. The fourth-order valence-electron chi connectivity index (χ4n) is 2.23. The fourth-order valence-corrected chi connectivity index (χ4v) is 2.23. The second kappa shape index (κ2) is 7.70. The van der Waals surface area contributed by atoms with Crippen LogP contribution < -0.4 is 10.6 Å². The molecule has 0 heterocycles. The highest BCUT2D eigenvalue weighted by Gasteiger charge is 2.11. The molecule has 108 valence electrons. The minimum absolute atomic E-state index is 0.477. The quantitative estimate of drug-likeness (QED) is 0.491. The van der Waals surface area contributed by atoms with Crippen molar-refractivity contribution in [3.05, 3.63) is 47.5 Å². The van der Waals surface area contributed by atoms with Crippen LogP contribution in [-0.2, 0) is 17.9 Å². The average Bonchev–Trinajstić information content (AvgIpc) is 2.98. The lowest BCUT2D eigenvalue weighted by molar-refractivity contribution is 0.185. The first-order valence-electron chi connectivity index (χ1n) is 7.00. The van der Waals surface area contributed by atoms with E-state index in [-0.39, 0.29) is 0 Å². The Morgan fingerprint density at radius 3 is 2.45 bits per heavy atom. The molecule has 0 saturated heterocycles. The van der Waals surface area contributed by atoms with Crippen molar-refractivity contribution in [3.8, 4) is 0 Å². The Hall–Kier alpha value is -1.81. The van der Waals surface area contributed by atoms with Gasteiger partial charge in [-0.05, 0) is 24.0 Å². The molecule has 0 unspecified atom stereocenters. The normalized spacial score (nSPS) is 15.6. The summed E-state index contributed by atoms with van der Waals surface area (Å²) in [5.41, 5.74) is 2.42. The highest BCUT2D eigenvalue weighted by atomic mass is 16.5. The number of hydrogen-bond acceptors (Lipinski definition) is 2. The summed E-state index contributed by atoms with van der Waals surface area (Å²) in [6.07, 6.45) is 6.57. The molecular formula is C16H23N3O. The van der Waals surface area contributed by atoms with Gasteiger partial charge in [-0.25, -0.2) is 0 Å². The minimum atomic E-state index is 0.477. The zero-order valence-corrected chi connectivity index (χ0v) is 12.2. The van der Waals surface area contributed by atoms with Crippen LogP contribution in [0.25, 0.3) is 0 Å². The number of hydrogen-bond donors (Lipinski definition) is 2. The van der Waals surface area contributed by atoms with E-state index in [1.165, 1.54) is 11.1 Å². The maximum atomic E-state index is 5.11. The van der Waals surface area contributed by atoms with Gasteiger partial charge in [-0.1, -0.05) is 36.4 Å². The SMILES string of the molecule is CN=C(NCc1ccc(COC)cc1)NC1CC=CC1. The van der Waals surface area contributed by atoms with Crippen molar-refractivity contribution in [2.45, 2.75) is 32.0 Å². The van der Waals surface area contributed by atoms with Crippen molar-refractivity contribution in [3.63, 3.8) is 0 Å². The number of methoxy groups -OCH3 is 1. The summed E-state index contributed by atoms with van der Waals surface area (Å²) in [7, 11) is 3.52. The topological polar surface area (TPSA) is 45.7 Å². The Morgan fingerprint density at radius 2 is 1.85 bits per heavy atom. The molecule has 0 atom stereocenters. The third-order valence-corrected chi connectivity index (χ3v) is 3.37. The maximum Gasteiger partial charge on any atom is 0.191 e. The maximum absolute atomic E-state index is 5.11. The summed E-state index contributed by atoms with van der Waals surface area (Å²) >= 11 is 0. The summed E-state index contributed by atoms with van der Waals surface area (Å²) in [6, 6.07) is 8.90. The van der Waals surface area contributed by atoms with Crippen LogP contribution in [-0.4, -0.2) is 26.2 Å². The minimum Gasteiger partial charge on any atom is -0.380 e. The number of ether oxygens (including phenoxy) is 1. The Bertz CT molecular complexity index is 457. The van der Waals surface area contributed by atoms with E-state index >= 15 is 0 Å². The van der Waals surface area contributed by atoms with Gasteiger partial charge in [-0.3, -0.25) is 4.99 Å². The first-order chi connectivity index (χ1) is 9.81. The van der Waals surface area contributed by atoms with Crippen LogP contribution in [0.1, 0.15) is 24.0 Å². The van der Waals surface area contributed by atoms with Gasteiger partial charge < -0.3 is 15.4 Å². The predicted molar refractivity (Wildman–Crippen MR) is 82.7 cm³/mol. The van der Waals surface area contributed by atoms with Crippen molar-refractivity contribution >= 4 is 5.96 Å². The van der Waals surface area contributed by atoms with Crippen LogP contribution >= 0.6 is 0 Å². The molecule has 0 aliphatic heterocycles. The molecule has 1 aliphatic rings. The van der Waals surface area contributed by atoms with Crippen LogP contribution in [0.2, 0.25) is 0 Å². The highest BCUT2D eigenvalue weighted by molar-refractivity contribution is 5.80. The number of rotatable bonds is 5. The van der Waals surface area contributed by atoms with Gasteiger partial charge in [-0.2, -0.15) is 0 Å². The summed E-state index contributed by atoms with van der Waals surface area (Å²) < 4.78 is 5.11. The van der Waals surface area contributed by atoms with E-state index in [4.69, 9.17) is 4.74 Å². The number of benzene rings is 1. The summed E-state index contributed by atoms with van der Waals surface area (Å²) in [6.45, 7) is 1.43. The van der Waals surface area contributed by atoms with Crippen LogP contribution in [0.3, 0.4) is 0 Å². The van der Waals surface area contributed by atoms with Gasteiger partial charge in [0.05, 0.1) is 6.61 Å². The lowest BCUT2D eigenvalue weighted by atomic mass is 10.1. The molecule has 0 aromatic heterocycles.